The Morgan fingerprint density at radius 2 is 2.06 bits per heavy atom. The van der Waals surface area contributed by atoms with Crippen molar-refractivity contribution in [1.82, 2.24) is 0 Å². The predicted molar refractivity (Wildman–Crippen MR) is 68.4 cm³/mol. The number of fused-ring (bicyclic) bond motifs is 2. The molecule has 2 bridgehead atoms. The van der Waals surface area contributed by atoms with Crippen LogP contribution >= 0.6 is 0 Å². The van der Waals surface area contributed by atoms with Crippen LogP contribution in [-0.4, -0.2) is 12.2 Å². The molecule has 5 unspecified atom stereocenters. The van der Waals surface area contributed by atoms with Crippen LogP contribution in [0.3, 0.4) is 0 Å². The third-order valence-corrected chi connectivity index (χ3v) is 5.06. The average molecular weight is 235 g/mol. The van der Waals surface area contributed by atoms with Crippen molar-refractivity contribution in [2.45, 2.75) is 58.5 Å². The summed E-state index contributed by atoms with van der Waals surface area (Å²) in [6.45, 7) is 7.68. The van der Waals surface area contributed by atoms with Crippen LogP contribution in [0.1, 0.15) is 52.9 Å². The first-order chi connectivity index (χ1) is 8.04. The molecule has 0 heterocycles. The summed E-state index contributed by atoms with van der Waals surface area (Å²) in [6.07, 6.45) is 5.70. The molecule has 2 nitrogen and oxygen atoms in total. The van der Waals surface area contributed by atoms with E-state index < -0.39 is 0 Å². The van der Waals surface area contributed by atoms with Gasteiger partial charge in [-0.1, -0.05) is 13.8 Å². The van der Waals surface area contributed by atoms with Gasteiger partial charge in [-0.3, -0.25) is 0 Å². The highest BCUT2D eigenvalue weighted by atomic mass is 16.5. The van der Waals surface area contributed by atoms with Crippen LogP contribution in [0.25, 0.3) is 0 Å². The smallest absolute Gasteiger partial charge is 0.0660 e. The summed E-state index contributed by atoms with van der Waals surface area (Å²) < 4.78 is 6.01. The van der Waals surface area contributed by atoms with Gasteiger partial charge < -0.3 is 4.74 Å². The lowest BCUT2D eigenvalue weighted by atomic mass is 9.59. The fourth-order valence-corrected chi connectivity index (χ4v) is 4.09. The summed E-state index contributed by atoms with van der Waals surface area (Å²) in [7, 11) is 0. The van der Waals surface area contributed by atoms with Crippen LogP contribution in [-0.2, 0) is 4.74 Å². The zero-order valence-electron chi connectivity index (χ0n) is 11.4. The molecule has 17 heavy (non-hydrogen) atoms. The predicted octanol–water partition coefficient (Wildman–Crippen LogP) is 3.77. The van der Waals surface area contributed by atoms with E-state index in [-0.39, 0.29) is 5.60 Å². The molecule has 0 radical (unpaired) electrons. The van der Waals surface area contributed by atoms with Crippen molar-refractivity contribution in [1.29, 1.82) is 5.26 Å². The van der Waals surface area contributed by atoms with Gasteiger partial charge in [0.05, 0.1) is 24.7 Å². The normalized spacial score (nSPS) is 45.3. The lowest BCUT2D eigenvalue weighted by molar-refractivity contribution is -0.109. The molecule has 0 spiro atoms. The molecule has 2 aliphatic rings. The minimum atomic E-state index is 0.0405. The third-order valence-electron chi connectivity index (χ3n) is 5.06. The number of rotatable bonds is 3. The highest BCUT2D eigenvalue weighted by Gasteiger charge is 2.44. The highest BCUT2D eigenvalue weighted by molar-refractivity contribution is 4.95. The second-order valence-electron chi connectivity index (χ2n) is 6.55. The van der Waals surface area contributed by atoms with Crippen molar-refractivity contribution >= 4 is 0 Å². The Morgan fingerprint density at radius 3 is 2.76 bits per heavy atom. The monoisotopic (exact) mass is 235 g/mol. The molecule has 2 rings (SSSR count). The number of nitriles is 1. The molecule has 0 aromatic rings. The van der Waals surface area contributed by atoms with Gasteiger partial charge >= 0.3 is 0 Å². The van der Waals surface area contributed by atoms with Gasteiger partial charge in [-0.15, -0.1) is 0 Å². The van der Waals surface area contributed by atoms with Gasteiger partial charge in [0, 0.05) is 0 Å². The molecule has 2 aliphatic carbocycles. The van der Waals surface area contributed by atoms with Crippen molar-refractivity contribution in [3.8, 4) is 6.07 Å². The van der Waals surface area contributed by atoms with E-state index in [4.69, 9.17) is 10.00 Å². The van der Waals surface area contributed by atoms with Crippen molar-refractivity contribution in [3.63, 3.8) is 0 Å². The maximum Gasteiger partial charge on any atom is 0.0660 e. The van der Waals surface area contributed by atoms with E-state index in [2.05, 4.69) is 26.8 Å². The summed E-state index contributed by atoms with van der Waals surface area (Å²) in [6, 6.07) is 2.17. The fourth-order valence-electron chi connectivity index (χ4n) is 4.09. The van der Waals surface area contributed by atoms with Gasteiger partial charge in [-0.25, -0.2) is 0 Å². The summed E-state index contributed by atoms with van der Waals surface area (Å²) in [5.74, 6) is 3.41. The topological polar surface area (TPSA) is 33.0 Å². The van der Waals surface area contributed by atoms with Crippen molar-refractivity contribution in [2.75, 3.05) is 6.61 Å². The lowest BCUT2D eigenvalue weighted by Crippen LogP contribution is -2.45. The number of nitrogens with zero attached hydrogens (tertiary/aromatic N) is 1. The maximum absolute atomic E-state index is 8.59. The molecule has 2 fully saturated rings. The molecule has 0 N–H and O–H groups in total. The van der Waals surface area contributed by atoms with E-state index in [0.29, 0.717) is 13.0 Å². The van der Waals surface area contributed by atoms with Crippen LogP contribution in [0.15, 0.2) is 0 Å². The maximum atomic E-state index is 8.59. The second kappa shape index (κ2) is 4.98. The van der Waals surface area contributed by atoms with Crippen molar-refractivity contribution in [3.05, 3.63) is 0 Å². The molecule has 0 saturated heterocycles. The molecule has 0 aliphatic heterocycles. The van der Waals surface area contributed by atoms with E-state index >= 15 is 0 Å². The standard InChI is InChI=1S/C15H25NO/c1-11-7-13-8-14(12(11)2)10-15(3,9-13)17-6-4-5-16/h11-14H,4,6-10H2,1-3H3. The second-order valence-corrected chi connectivity index (χ2v) is 6.55. The van der Waals surface area contributed by atoms with E-state index in [9.17, 15) is 0 Å². The van der Waals surface area contributed by atoms with Crippen LogP contribution in [0.4, 0.5) is 0 Å². The lowest BCUT2D eigenvalue weighted by Gasteiger charge is -2.50. The molecular formula is C15H25NO. The number of hydrogen-bond acceptors (Lipinski definition) is 2. The Bertz CT molecular complexity index is 307. The summed E-state index contributed by atoms with van der Waals surface area (Å²) in [4.78, 5) is 0. The van der Waals surface area contributed by atoms with Crippen LogP contribution < -0.4 is 0 Å². The molecule has 0 aromatic carbocycles. The third kappa shape index (κ3) is 2.83. The molecule has 0 aromatic heterocycles. The molecule has 2 saturated carbocycles. The summed E-state index contributed by atoms with van der Waals surface area (Å²) >= 11 is 0. The first-order valence-corrected chi connectivity index (χ1v) is 7.05. The summed E-state index contributed by atoms with van der Waals surface area (Å²) in [5.41, 5.74) is 0.0405. The molecule has 0 amide bonds. The number of hydrogen-bond donors (Lipinski definition) is 0. The average Bonchev–Trinajstić information content (AvgIpc) is 2.25. The van der Waals surface area contributed by atoms with Crippen LogP contribution in [0.2, 0.25) is 0 Å². The SMILES string of the molecule is CC1CC2CC(CC(C)(OCCC#N)C2)C1C. The van der Waals surface area contributed by atoms with E-state index in [1.54, 1.807) is 0 Å². The van der Waals surface area contributed by atoms with Gasteiger partial charge in [0.1, 0.15) is 0 Å². The largest absolute Gasteiger partial charge is 0.374 e. The Kier molecular flexibility index (Phi) is 3.78. The van der Waals surface area contributed by atoms with Gasteiger partial charge in [-0.05, 0) is 56.3 Å². The molecule has 2 heteroatoms. The zero-order chi connectivity index (χ0) is 12.5. The van der Waals surface area contributed by atoms with Crippen molar-refractivity contribution in [2.24, 2.45) is 23.7 Å². The number of ether oxygens (including phenoxy) is 1. The quantitative estimate of drug-likeness (QED) is 0.698. The Morgan fingerprint density at radius 1 is 1.29 bits per heavy atom. The van der Waals surface area contributed by atoms with Crippen LogP contribution in [0.5, 0.6) is 0 Å². The Labute approximate surface area is 105 Å². The Hall–Kier alpha value is -0.550. The van der Waals surface area contributed by atoms with E-state index in [0.717, 1.165) is 23.7 Å². The van der Waals surface area contributed by atoms with Gasteiger partial charge in [-0.2, -0.15) is 5.26 Å². The fraction of sp³-hybridized carbons (Fsp3) is 0.933. The summed E-state index contributed by atoms with van der Waals surface area (Å²) in [5, 5.41) is 8.59. The van der Waals surface area contributed by atoms with Gasteiger partial charge in [0.2, 0.25) is 0 Å². The minimum absolute atomic E-state index is 0.0405. The van der Waals surface area contributed by atoms with E-state index in [1.807, 2.05) is 0 Å². The molecule has 96 valence electrons. The highest BCUT2D eigenvalue weighted by Crippen LogP contribution is 2.50. The van der Waals surface area contributed by atoms with Gasteiger partial charge in [0.25, 0.3) is 0 Å². The van der Waals surface area contributed by atoms with Crippen molar-refractivity contribution < 1.29 is 4.74 Å². The van der Waals surface area contributed by atoms with Crippen LogP contribution in [0, 0.1) is 35.0 Å². The van der Waals surface area contributed by atoms with E-state index in [1.165, 1.54) is 25.7 Å². The molecule has 5 atom stereocenters. The first-order valence-electron chi connectivity index (χ1n) is 7.05. The first kappa shape index (κ1) is 12.9. The van der Waals surface area contributed by atoms with Gasteiger partial charge in [0.15, 0.2) is 0 Å². The molecular weight excluding hydrogens is 210 g/mol. The Balaban J connectivity index is 1.97. The minimum Gasteiger partial charge on any atom is -0.374 e. The zero-order valence-corrected chi connectivity index (χ0v) is 11.4.